The lowest BCUT2D eigenvalue weighted by Gasteiger charge is -2.02. The fraction of sp³-hybridized carbons (Fsp3) is 0.0714. The van der Waals surface area contributed by atoms with Gasteiger partial charge in [0.2, 0.25) is 0 Å². The summed E-state index contributed by atoms with van der Waals surface area (Å²) in [6, 6.07) is 16.2. The maximum atomic E-state index is 4.65. The number of aromatic nitrogens is 2. The van der Waals surface area contributed by atoms with Gasteiger partial charge in [-0.2, -0.15) is 0 Å². The first-order valence-electron chi connectivity index (χ1n) is 5.46. The predicted molar refractivity (Wildman–Crippen MR) is 73.4 cm³/mol. The van der Waals surface area contributed by atoms with Crippen LogP contribution in [0.15, 0.2) is 53.4 Å². The highest BCUT2D eigenvalue weighted by atomic mass is 32.1. The normalized spacial score (nSPS) is 10.9. The van der Waals surface area contributed by atoms with Crippen molar-refractivity contribution in [3.63, 3.8) is 0 Å². The number of nitrogens with zero attached hydrogens (tertiary/aromatic N) is 2. The van der Waals surface area contributed by atoms with E-state index in [1.807, 2.05) is 43.4 Å². The summed E-state index contributed by atoms with van der Waals surface area (Å²) in [6.45, 7) is 0. The molecule has 0 radical (unpaired) electrons. The first-order chi connectivity index (χ1) is 8.25. The molecule has 0 saturated heterocycles. The van der Waals surface area contributed by atoms with E-state index in [0.717, 1.165) is 27.3 Å². The van der Waals surface area contributed by atoms with E-state index in [2.05, 4.69) is 34.3 Å². The van der Waals surface area contributed by atoms with Crippen molar-refractivity contribution in [1.29, 1.82) is 0 Å². The molecule has 0 saturated carbocycles. The molecule has 0 unspecified atom stereocenters. The van der Waals surface area contributed by atoms with Crippen molar-refractivity contribution in [3.8, 4) is 11.4 Å². The topological polar surface area (TPSA) is 17.8 Å². The van der Waals surface area contributed by atoms with Crippen LogP contribution in [-0.2, 0) is 7.05 Å². The minimum atomic E-state index is 0.953. The van der Waals surface area contributed by atoms with Gasteiger partial charge in [-0.05, 0) is 24.3 Å². The van der Waals surface area contributed by atoms with Crippen LogP contribution >= 0.6 is 12.6 Å². The summed E-state index contributed by atoms with van der Waals surface area (Å²) >= 11 is 4.36. The van der Waals surface area contributed by atoms with Gasteiger partial charge in [0.15, 0.2) is 0 Å². The first-order valence-corrected chi connectivity index (χ1v) is 5.91. The van der Waals surface area contributed by atoms with Crippen LogP contribution in [0.4, 0.5) is 0 Å². The third-order valence-corrected chi connectivity index (χ3v) is 3.17. The Morgan fingerprint density at radius 3 is 2.65 bits per heavy atom. The number of rotatable bonds is 1. The smallest absolute Gasteiger partial charge is 0.140 e. The van der Waals surface area contributed by atoms with Crippen LogP contribution in [0.3, 0.4) is 0 Å². The van der Waals surface area contributed by atoms with E-state index in [-0.39, 0.29) is 0 Å². The number of hydrogen-bond acceptors (Lipinski definition) is 2. The van der Waals surface area contributed by atoms with E-state index in [1.54, 1.807) is 0 Å². The number of fused-ring (bicyclic) bond motifs is 1. The van der Waals surface area contributed by atoms with Gasteiger partial charge < -0.3 is 4.57 Å². The van der Waals surface area contributed by atoms with Gasteiger partial charge in [-0.1, -0.05) is 24.3 Å². The van der Waals surface area contributed by atoms with Crippen molar-refractivity contribution in [1.82, 2.24) is 9.55 Å². The molecule has 17 heavy (non-hydrogen) atoms. The summed E-state index contributed by atoms with van der Waals surface area (Å²) in [5.74, 6) is 0.974. The molecule has 3 heteroatoms. The van der Waals surface area contributed by atoms with Crippen molar-refractivity contribution >= 4 is 23.7 Å². The first kappa shape index (κ1) is 10.4. The van der Waals surface area contributed by atoms with Gasteiger partial charge in [-0.15, -0.1) is 12.6 Å². The molecule has 84 valence electrons. The zero-order chi connectivity index (χ0) is 11.8. The lowest BCUT2D eigenvalue weighted by Crippen LogP contribution is -1.92. The minimum Gasteiger partial charge on any atom is -0.327 e. The lowest BCUT2D eigenvalue weighted by atomic mass is 10.2. The molecule has 0 aliphatic heterocycles. The molecular formula is C14H12N2S. The summed E-state index contributed by atoms with van der Waals surface area (Å²) in [6.07, 6.45) is 0. The SMILES string of the molecule is Cn1c(-c2cccc(S)c2)nc2ccccc21. The average Bonchev–Trinajstić information content (AvgIpc) is 2.68. The van der Waals surface area contributed by atoms with Gasteiger partial charge in [0.05, 0.1) is 11.0 Å². The van der Waals surface area contributed by atoms with Gasteiger partial charge in [0.25, 0.3) is 0 Å². The van der Waals surface area contributed by atoms with Gasteiger partial charge >= 0.3 is 0 Å². The molecule has 1 aromatic heterocycles. The summed E-state index contributed by atoms with van der Waals surface area (Å²) < 4.78 is 2.11. The number of para-hydroxylation sites is 2. The molecule has 0 aliphatic rings. The highest BCUT2D eigenvalue weighted by molar-refractivity contribution is 7.80. The zero-order valence-corrected chi connectivity index (χ0v) is 10.4. The fourth-order valence-electron chi connectivity index (χ4n) is 2.05. The van der Waals surface area contributed by atoms with Crippen LogP contribution in [0.2, 0.25) is 0 Å². The second kappa shape index (κ2) is 3.93. The Kier molecular flexibility index (Phi) is 2.41. The molecule has 2 aromatic carbocycles. The van der Waals surface area contributed by atoms with Gasteiger partial charge in [-0.3, -0.25) is 0 Å². The van der Waals surface area contributed by atoms with E-state index in [4.69, 9.17) is 0 Å². The molecule has 0 aliphatic carbocycles. The number of hydrogen-bond donors (Lipinski definition) is 1. The van der Waals surface area contributed by atoms with Crippen molar-refractivity contribution in [2.75, 3.05) is 0 Å². The molecule has 0 N–H and O–H groups in total. The number of imidazole rings is 1. The molecule has 0 amide bonds. The monoisotopic (exact) mass is 240 g/mol. The van der Waals surface area contributed by atoms with E-state index in [0.29, 0.717) is 0 Å². The van der Waals surface area contributed by atoms with Crippen LogP contribution in [0, 0.1) is 0 Å². The molecule has 0 fully saturated rings. The van der Waals surface area contributed by atoms with E-state index in [1.165, 1.54) is 0 Å². The standard InChI is InChI=1S/C14H12N2S/c1-16-13-8-3-2-7-12(13)15-14(16)10-5-4-6-11(17)9-10/h2-9,17H,1H3. The predicted octanol–water partition coefficient (Wildman–Crippen LogP) is 3.53. The van der Waals surface area contributed by atoms with Crippen molar-refractivity contribution in [3.05, 3.63) is 48.5 Å². The molecule has 0 spiro atoms. The second-order valence-electron chi connectivity index (χ2n) is 4.03. The van der Waals surface area contributed by atoms with Crippen LogP contribution < -0.4 is 0 Å². The van der Waals surface area contributed by atoms with Crippen LogP contribution in [0.5, 0.6) is 0 Å². The lowest BCUT2D eigenvalue weighted by molar-refractivity contribution is 0.958. The Labute approximate surface area is 105 Å². The molecule has 0 bridgehead atoms. The molecule has 2 nitrogen and oxygen atoms in total. The Morgan fingerprint density at radius 2 is 1.88 bits per heavy atom. The molecule has 1 heterocycles. The summed E-state index contributed by atoms with van der Waals surface area (Å²) in [4.78, 5) is 5.61. The van der Waals surface area contributed by atoms with E-state index >= 15 is 0 Å². The summed E-state index contributed by atoms with van der Waals surface area (Å²) in [7, 11) is 2.04. The Bertz CT molecular complexity index is 686. The fourth-order valence-corrected chi connectivity index (χ4v) is 2.27. The molecular weight excluding hydrogens is 228 g/mol. The van der Waals surface area contributed by atoms with Crippen LogP contribution in [0.1, 0.15) is 0 Å². The van der Waals surface area contributed by atoms with Crippen molar-refractivity contribution in [2.45, 2.75) is 4.90 Å². The molecule has 3 aromatic rings. The van der Waals surface area contributed by atoms with E-state index < -0.39 is 0 Å². The third kappa shape index (κ3) is 1.72. The maximum absolute atomic E-state index is 4.65. The quantitative estimate of drug-likeness (QED) is 0.644. The molecule has 3 rings (SSSR count). The average molecular weight is 240 g/mol. The second-order valence-corrected chi connectivity index (χ2v) is 4.55. The number of aryl methyl sites for hydroxylation is 1. The van der Waals surface area contributed by atoms with Gasteiger partial charge in [0.1, 0.15) is 5.82 Å². The number of thiol groups is 1. The Morgan fingerprint density at radius 1 is 1.06 bits per heavy atom. The van der Waals surface area contributed by atoms with Crippen molar-refractivity contribution in [2.24, 2.45) is 7.05 Å². The Hall–Kier alpha value is -1.74. The van der Waals surface area contributed by atoms with Crippen LogP contribution in [0.25, 0.3) is 22.4 Å². The Balaban J connectivity index is 2.27. The minimum absolute atomic E-state index is 0.953. The van der Waals surface area contributed by atoms with Crippen LogP contribution in [-0.4, -0.2) is 9.55 Å². The summed E-state index contributed by atoms with van der Waals surface area (Å²) in [5.41, 5.74) is 3.26. The zero-order valence-electron chi connectivity index (χ0n) is 9.46. The largest absolute Gasteiger partial charge is 0.327 e. The van der Waals surface area contributed by atoms with Gasteiger partial charge in [0, 0.05) is 17.5 Å². The maximum Gasteiger partial charge on any atom is 0.140 e. The number of benzene rings is 2. The molecule has 0 atom stereocenters. The highest BCUT2D eigenvalue weighted by Gasteiger charge is 2.08. The summed E-state index contributed by atoms with van der Waals surface area (Å²) in [5, 5.41) is 0. The van der Waals surface area contributed by atoms with Gasteiger partial charge in [-0.25, -0.2) is 4.98 Å². The van der Waals surface area contributed by atoms with E-state index in [9.17, 15) is 0 Å². The van der Waals surface area contributed by atoms with Crippen molar-refractivity contribution < 1.29 is 0 Å². The highest BCUT2D eigenvalue weighted by Crippen LogP contribution is 2.24. The third-order valence-electron chi connectivity index (χ3n) is 2.89.